The number of benzene rings is 1. The van der Waals surface area contributed by atoms with Crippen molar-refractivity contribution in [3.63, 3.8) is 0 Å². The number of anilines is 1. The summed E-state index contributed by atoms with van der Waals surface area (Å²) >= 11 is 5.02. The van der Waals surface area contributed by atoms with Crippen LogP contribution in [0.5, 0.6) is 0 Å². The van der Waals surface area contributed by atoms with Gasteiger partial charge in [-0.2, -0.15) is 0 Å². The number of halogens is 1. The number of nitrogens with one attached hydrogen (secondary N) is 1. The van der Waals surface area contributed by atoms with Gasteiger partial charge in [0.2, 0.25) is 5.91 Å². The molecule has 0 aliphatic rings. The second kappa shape index (κ2) is 6.10. The van der Waals surface area contributed by atoms with Crippen LogP contribution < -0.4 is 11.1 Å². The minimum Gasteiger partial charge on any atom is -0.392 e. The van der Waals surface area contributed by atoms with Crippen molar-refractivity contribution in [3.05, 3.63) is 29.6 Å². The van der Waals surface area contributed by atoms with Gasteiger partial charge in [-0.3, -0.25) is 4.79 Å². The highest BCUT2D eigenvalue weighted by molar-refractivity contribution is 7.80. The Balaban J connectivity index is 3.00. The summed E-state index contributed by atoms with van der Waals surface area (Å²) in [4.78, 5) is 12.6. The van der Waals surface area contributed by atoms with E-state index in [1.54, 1.807) is 13.0 Å². The Hall–Kier alpha value is -1.49. The molecule has 19 heavy (non-hydrogen) atoms. The van der Waals surface area contributed by atoms with E-state index >= 15 is 0 Å². The molecule has 1 amide bonds. The smallest absolute Gasteiger partial charge is 0.237 e. The third kappa shape index (κ3) is 3.10. The Morgan fingerprint density at radius 1 is 1.42 bits per heavy atom. The highest BCUT2D eigenvalue weighted by Gasteiger charge is 2.38. The molecular formula is C14H19FN2OS. The molecule has 3 nitrogen and oxygen atoms in total. The zero-order valence-corrected chi connectivity index (χ0v) is 12.2. The molecule has 0 unspecified atom stereocenters. The number of carbonyl (C=O) groups is 1. The number of hydrogen-bond donors (Lipinski definition) is 2. The van der Waals surface area contributed by atoms with Gasteiger partial charge in [0.15, 0.2) is 0 Å². The lowest BCUT2D eigenvalue weighted by Gasteiger charge is -2.29. The Morgan fingerprint density at radius 3 is 2.42 bits per heavy atom. The molecule has 0 fully saturated rings. The van der Waals surface area contributed by atoms with E-state index in [4.69, 9.17) is 18.0 Å². The number of amides is 1. The first-order valence-corrected chi connectivity index (χ1v) is 6.65. The zero-order valence-electron chi connectivity index (χ0n) is 11.4. The maximum atomic E-state index is 13.2. The van der Waals surface area contributed by atoms with Crippen molar-refractivity contribution in [3.8, 4) is 0 Å². The Labute approximate surface area is 118 Å². The molecule has 104 valence electrons. The number of carbonyl (C=O) groups excluding carboxylic acids is 1. The summed E-state index contributed by atoms with van der Waals surface area (Å²) in [6, 6.07) is 4.43. The molecule has 1 aromatic carbocycles. The van der Waals surface area contributed by atoms with E-state index in [9.17, 15) is 9.18 Å². The fourth-order valence-electron chi connectivity index (χ4n) is 2.00. The van der Waals surface area contributed by atoms with Crippen molar-refractivity contribution in [1.29, 1.82) is 0 Å². The van der Waals surface area contributed by atoms with Crippen LogP contribution in [0.3, 0.4) is 0 Å². The van der Waals surface area contributed by atoms with E-state index < -0.39 is 5.41 Å². The van der Waals surface area contributed by atoms with E-state index in [-0.39, 0.29) is 16.7 Å². The monoisotopic (exact) mass is 282 g/mol. The largest absolute Gasteiger partial charge is 0.392 e. The molecule has 0 atom stereocenters. The van der Waals surface area contributed by atoms with Gasteiger partial charge < -0.3 is 11.1 Å². The molecule has 0 aromatic heterocycles. The van der Waals surface area contributed by atoms with Gasteiger partial charge in [0.05, 0.1) is 10.4 Å². The van der Waals surface area contributed by atoms with Crippen molar-refractivity contribution >= 4 is 28.8 Å². The molecular weight excluding hydrogens is 263 g/mol. The molecule has 3 N–H and O–H groups in total. The maximum absolute atomic E-state index is 13.2. The van der Waals surface area contributed by atoms with Crippen LogP contribution in [0.2, 0.25) is 0 Å². The topological polar surface area (TPSA) is 55.1 Å². The normalized spacial score (nSPS) is 11.2. The summed E-state index contributed by atoms with van der Waals surface area (Å²) in [5.41, 5.74) is 5.89. The fraction of sp³-hybridized carbons (Fsp3) is 0.429. The van der Waals surface area contributed by atoms with Crippen LogP contribution >= 0.6 is 12.2 Å². The first-order valence-electron chi connectivity index (χ1n) is 6.25. The van der Waals surface area contributed by atoms with Gasteiger partial charge in [-0.25, -0.2) is 4.39 Å². The van der Waals surface area contributed by atoms with Crippen LogP contribution in [0.4, 0.5) is 10.1 Å². The number of thiocarbonyl (C=S) groups is 1. The highest BCUT2D eigenvalue weighted by Crippen LogP contribution is 2.29. The summed E-state index contributed by atoms with van der Waals surface area (Å²) in [6.45, 7) is 5.39. The van der Waals surface area contributed by atoms with Gasteiger partial charge in [0.25, 0.3) is 0 Å². The van der Waals surface area contributed by atoms with Crippen LogP contribution in [0, 0.1) is 18.2 Å². The summed E-state index contributed by atoms with van der Waals surface area (Å²) in [5, 5.41) is 2.76. The quantitative estimate of drug-likeness (QED) is 0.816. The van der Waals surface area contributed by atoms with Crippen molar-refractivity contribution in [2.45, 2.75) is 33.6 Å². The minimum atomic E-state index is -0.850. The molecule has 0 aliphatic heterocycles. The molecule has 5 heteroatoms. The summed E-state index contributed by atoms with van der Waals surface area (Å²) in [7, 11) is 0. The first-order chi connectivity index (χ1) is 8.87. The van der Waals surface area contributed by atoms with Crippen molar-refractivity contribution in [2.24, 2.45) is 11.1 Å². The van der Waals surface area contributed by atoms with Crippen LogP contribution in [0.25, 0.3) is 0 Å². The summed E-state index contributed by atoms with van der Waals surface area (Å²) < 4.78 is 13.2. The van der Waals surface area contributed by atoms with Gasteiger partial charge >= 0.3 is 0 Å². The highest BCUT2D eigenvalue weighted by atomic mass is 32.1. The molecule has 0 radical (unpaired) electrons. The average Bonchev–Trinajstić information content (AvgIpc) is 2.35. The fourth-order valence-corrected chi connectivity index (χ4v) is 2.39. The third-order valence-corrected chi connectivity index (χ3v) is 3.92. The summed E-state index contributed by atoms with van der Waals surface area (Å²) in [6.07, 6.45) is 1.07. The molecule has 0 bridgehead atoms. The van der Waals surface area contributed by atoms with Gasteiger partial charge in [0, 0.05) is 5.69 Å². The molecule has 0 heterocycles. The van der Waals surface area contributed by atoms with Crippen molar-refractivity contribution in [2.75, 3.05) is 5.32 Å². The Kier molecular flexibility index (Phi) is 5.00. The Bertz CT molecular complexity index is 498. The van der Waals surface area contributed by atoms with Crippen molar-refractivity contribution in [1.82, 2.24) is 0 Å². The lowest BCUT2D eigenvalue weighted by Crippen LogP contribution is -2.45. The first kappa shape index (κ1) is 15.6. The molecule has 0 saturated heterocycles. The second-order valence-electron chi connectivity index (χ2n) is 4.57. The molecule has 1 rings (SSSR count). The number of hydrogen-bond acceptors (Lipinski definition) is 2. The minimum absolute atomic E-state index is 0.189. The van der Waals surface area contributed by atoms with E-state index in [1.807, 2.05) is 13.8 Å². The van der Waals surface area contributed by atoms with Crippen LogP contribution in [0.15, 0.2) is 18.2 Å². The van der Waals surface area contributed by atoms with E-state index in [1.165, 1.54) is 12.1 Å². The molecule has 0 saturated carbocycles. The van der Waals surface area contributed by atoms with E-state index in [0.717, 1.165) is 0 Å². The van der Waals surface area contributed by atoms with Crippen LogP contribution in [-0.2, 0) is 4.79 Å². The maximum Gasteiger partial charge on any atom is 0.237 e. The number of aryl methyl sites for hydroxylation is 1. The lowest BCUT2D eigenvalue weighted by atomic mass is 9.81. The third-order valence-electron chi connectivity index (χ3n) is 3.53. The molecule has 1 aromatic rings. The van der Waals surface area contributed by atoms with Gasteiger partial charge in [-0.15, -0.1) is 0 Å². The zero-order chi connectivity index (χ0) is 14.6. The lowest BCUT2D eigenvalue weighted by molar-refractivity contribution is -0.122. The predicted molar refractivity (Wildman–Crippen MR) is 79.6 cm³/mol. The van der Waals surface area contributed by atoms with E-state index in [2.05, 4.69) is 5.32 Å². The van der Waals surface area contributed by atoms with Crippen LogP contribution in [-0.4, -0.2) is 10.9 Å². The van der Waals surface area contributed by atoms with Gasteiger partial charge in [0.1, 0.15) is 5.82 Å². The number of nitrogens with two attached hydrogens (primary N) is 1. The van der Waals surface area contributed by atoms with E-state index in [0.29, 0.717) is 24.1 Å². The second-order valence-corrected chi connectivity index (χ2v) is 5.01. The Morgan fingerprint density at radius 2 is 2.00 bits per heavy atom. The standard InChI is InChI=1S/C14H19FN2OS/c1-4-14(5-2,12(16)19)13(18)17-10-6-7-11(15)9(3)8-10/h6-8H,4-5H2,1-3H3,(H2,16,19)(H,17,18). The molecule has 0 aliphatic carbocycles. The van der Waals surface area contributed by atoms with Crippen LogP contribution in [0.1, 0.15) is 32.3 Å². The SMILES string of the molecule is CCC(CC)(C(=O)Nc1ccc(F)c(C)c1)C(N)=S. The van der Waals surface area contributed by atoms with Gasteiger partial charge in [-0.1, -0.05) is 26.1 Å². The molecule has 0 spiro atoms. The predicted octanol–water partition coefficient (Wildman–Crippen LogP) is 3.17. The summed E-state index contributed by atoms with van der Waals surface area (Å²) in [5.74, 6) is -0.541. The van der Waals surface area contributed by atoms with Crippen molar-refractivity contribution < 1.29 is 9.18 Å². The number of rotatable bonds is 5. The van der Waals surface area contributed by atoms with Gasteiger partial charge in [-0.05, 0) is 43.5 Å². The average molecular weight is 282 g/mol.